The number of hydrogen-bond acceptors (Lipinski definition) is 6. The predicted octanol–water partition coefficient (Wildman–Crippen LogP) is 1.76. The largest absolute Gasteiger partial charge is 0.379 e. The van der Waals surface area contributed by atoms with Crippen molar-refractivity contribution in [2.75, 3.05) is 65.6 Å². The monoisotopic (exact) mass is 492 g/mol. The van der Waals surface area contributed by atoms with E-state index in [0.29, 0.717) is 44.2 Å². The van der Waals surface area contributed by atoms with Crippen molar-refractivity contribution in [3.63, 3.8) is 0 Å². The van der Waals surface area contributed by atoms with Gasteiger partial charge in [0.1, 0.15) is 0 Å². The molecule has 0 atom stereocenters. The first kappa shape index (κ1) is 25.6. The molecule has 0 aromatic heterocycles. The second kappa shape index (κ2) is 11.0. The Bertz CT molecular complexity index is 948. The van der Waals surface area contributed by atoms with E-state index in [0.717, 1.165) is 50.3 Å². The molecule has 1 N–H and O–H groups in total. The van der Waals surface area contributed by atoms with Crippen LogP contribution >= 0.6 is 0 Å². The maximum atomic E-state index is 13.2. The van der Waals surface area contributed by atoms with Crippen molar-refractivity contribution in [2.24, 2.45) is 0 Å². The van der Waals surface area contributed by atoms with Gasteiger partial charge in [-0.3, -0.25) is 14.6 Å². The van der Waals surface area contributed by atoms with Crippen molar-refractivity contribution in [2.45, 2.75) is 56.4 Å². The molecular formula is C25H40N4O4S. The molecule has 4 rings (SSSR count). The fourth-order valence-corrected chi connectivity index (χ4v) is 7.36. The highest BCUT2D eigenvalue weighted by atomic mass is 32.2. The zero-order valence-electron chi connectivity index (χ0n) is 20.7. The number of amides is 1. The Morgan fingerprint density at radius 2 is 1.68 bits per heavy atom. The lowest BCUT2D eigenvalue weighted by Gasteiger charge is -2.48. The number of hydrogen-bond donors (Lipinski definition) is 1. The second-order valence-corrected chi connectivity index (χ2v) is 12.0. The second-order valence-electron chi connectivity index (χ2n) is 10.1. The summed E-state index contributed by atoms with van der Waals surface area (Å²) in [7, 11) is -3.52. The van der Waals surface area contributed by atoms with E-state index in [9.17, 15) is 13.2 Å². The molecule has 0 radical (unpaired) electrons. The third-order valence-corrected chi connectivity index (χ3v) is 9.78. The van der Waals surface area contributed by atoms with Gasteiger partial charge in [-0.25, -0.2) is 8.42 Å². The number of ether oxygens (including phenoxy) is 1. The number of morpholine rings is 1. The van der Waals surface area contributed by atoms with Crippen LogP contribution in [0.15, 0.2) is 23.1 Å². The van der Waals surface area contributed by atoms with Crippen LogP contribution in [0.25, 0.3) is 0 Å². The van der Waals surface area contributed by atoms with E-state index in [2.05, 4.69) is 15.1 Å². The van der Waals surface area contributed by atoms with Gasteiger partial charge in [-0.2, -0.15) is 4.31 Å². The SMILES string of the molecule is Cc1ccc(C)c(S(=O)(=O)N2CCN(CC(=O)NCC3(N4CCOCC4)CCCCC3)CC2)c1. The van der Waals surface area contributed by atoms with Crippen LogP contribution in [0.4, 0.5) is 0 Å². The first-order valence-corrected chi connectivity index (χ1v) is 14.1. The van der Waals surface area contributed by atoms with Crippen LogP contribution in [0.5, 0.6) is 0 Å². The summed E-state index contributed by atoms with van der Waals surface area (Å²) in [4.78, 5) is 17.8. The Labute approximate surface area is 204 Å². The maximum Gasteiger partial charge on any atom is 0.243 e. The number of nitrogens with zero attached hydrogens (tertiary/aromatic N) is 3. The quantitative estimate of drug-likeness (QED) is 0.625. The molecule has 3 aliphatic rings. The van der Waals surface area contributed by atoms with E-state index >= 15 is 0 Å². The molecule has 1 amide bonds. The number of piperazine rings is 1. The topological polar surface area (TPSA) is 82.2 Å². The lowest BCUT2D eigenvalue weighted by atomic mass is 9.79. The van der Waals surface area contributed by atoms with Crippen molar-refractivity contribution in [3.05, 3.63) is 29.3 Å². The first-order chi connectivity index (χ1) is 16.3. The molecule has 2 saturated heterocycles. The van der Waals surface area contributed by atoms with Crippen molar-refractivity contribution in [1.82, 2.24) is 19.4 Å². The standard InChI is InChI=1S/C25H40N4O4S/c1-21-6-7-22(2)23(18-21)34(31,32)29-12-10-27(11-13-29)19-24(30)26-20-25(8-4-3-5-9-25)28-14-16-33-17-15-28/h6-7,18H,3-5,8-17,19-20H2,1-2H3,(H,26,30). The average Bonchev–Trinajstić information content (AvgIpc) is 2.86. The van der Waals surface area contributed by atoms with Crippen molar-refractivity contribution >= 4 is 15.9 Å². The van der Waals surface area contributed by atoms with Gasteiger partial charge in [0.25, 0.3) is 0 Å². The Morgan fingerprint density at radius 1 is 1.00 bits per heavy atom. The molecule has 0 spiro atoms. The molecule has 2 heterocycles. The number of sulfonamides is 1. The third kappa shape index (κ3) is 5.82. The Morgan fingerprint density at radius 3 is 2.35 bits per heavy atom. The number of aryl methyl sites for hydroxylation is 2. The molecule has 34 heavy (non-hydrogen) atoms. The van der Waals surface area contributed by atoms with Gasteiger partial charge in [0.15, 0.2) is 0 Å². The summed E-state index contributed by atoms with van der Waals surface area (Å²) in [5.74, 6) is 0.0315. The molecule has 0 unspecified atom stereocenters. The van der Waals surface area contributed by atoms with Crippen molar-refractivity contribution in [3.8, 4) is 0 Å². The van der Waals surface area contributed by atoms with Crippen LogP contribution in [-0.2, 0) is 19.6 Å². The summed E-state index contributed by atoms with van der Waals surface area (Å²) in [5, 5.41) is 3.22. The smallest absolute Gasteiger partial charge is 0.243 e. The molecule has 0 bridgehead atoms. The molecule has 8 nitrogen and oxygen atoms in total. The van der Waals surface area contributed by atoms with Crippen molar-refractivity contribution in [1.29, 1.82) is 0 Å². The molecule has 2 aliphatic heterocycles. The lowest BCUT2D eigenvalue weighted by molar-refractivity contribution is -0.123. The minimum absolute atomic E-state index is 0.0315. The van der Waals surface area contributed by atoms with E-state index in [1.807, 2.05) is 26.0 Å². The van der Waals surface area contributed by atoms with E-state index in [-0.39, 0.29) is 11.4 Å². The maximum absolute atomic E-state index is 13.2. The van der Waals surface area contributed by atoms with Gasteiger partial charge < -0.3 is 10.1 Å². The summed E-state index contributed by atoms with van der Waals surface area (Å²) < 4.78 is 33.4. The number of nitrogens with one attached hydrogen (secondary N) is 1. The van der Waals surface area contributed by atoms with E-state index < -0.39 is 10.0 Å². The van der Waals surface area contributed by atoms with Gasteiger partial charge in [-0.15, -0.1) is 0 Å². The molecule has 1 saturated carbocycles. The molecule has 9 heteroatoms. The molecule has 3 fully saturated rings. The first-order valence-electron chi connectivity index (χ1n) is 12.7. The molecule has 190 valence electrons. The lowest BCUT2D eigenvalue weighted by Crippen LogP contribution is -2.60. The Hall–Kier alpha value is -1.52. The van der Waals surface area contributed by atoms with E-state index in [4.69, 9.17) is 4.74 Å². The van der Waals surface area contributed by atoms with E-state index in [1.165, 1.54) is 19.3 Å². The predicted molar refractivity (Wildman–Crippen MR) is 132 cm³/mol. The molecule has 1 aromatic rings. The zero-order chi connectivity index (χ0) is 24.2. The summed E-state index contributed by atoms with van der Waals surface area (Å²) in [6, 6.07) is 5.54. The molecular weight excluding hydrogens is 452 g/mol. The van der Waals surface area contributed by atoms with Gasteiger partial charge in [-0.1, -0.05) is 31.4 Å². The van der Waals surface area contributed by atoms with Crippen LogP contribution in [-0.4, -0.2) is 99.5 Å². The van der Waals surface area contributed by atoms with Gasteiger partial charge in [0.2, 0.25) is 15.9 Å². The minimum Gasteiger partial charge on any atom is -0.379 e. The highest BCUT2D eigenvalue weighted by Crippen LogP contribution is 2.34. The summed E-state index contributed by atoms with van der Waals surface area (Å²) >= 11 is 0. The van der Waals surface area contributed by atoms with Crippen LogP contribution in [0.1, 0.15) is 43.2 Å². The molecule has 1 aromatic carbocycles. The van der Waals surface area contributed by atoms with Gasteiger partial charge >= 0.3 is 0 Å². The summed E-state index contributed by atoms with van der Waals surface area (Å²) in [6.07, 6.45) is 5.95. The highest BCUT2D eigenvalue weighted by Gasteiger charge is 2.39. The van der Waals surface area contributed by atoms with Crippen LogP contribution in [0.2, 0.25) is 0 Å². The fourth-order valence-electron chi connectivity index (χ4n) is 5.63. The van der Waals surface area contributed by atoms with Crippen LogP contribution in [0, 0.1) is 13.8 Å². The highest BCUT2D eigenvalue weighted by molar-refractivity contribution is 7.89. The van der Waals surface area contributed by atoms with E-state index in [1.54, 1.807) is 10.4 Å². The van der Waals surface area contributed by atoms with Crippen LogP contribution in [0.3, 0.4) is 0 Å². The van der Waals surface area contributed by atoms with Gasteiger partial charge in [-0.05, 0) is 43.9 Å². The fraction of sp³-hybridized carbons (Fsp3) is 0.720. The average molecular weight is 493 g/mol. The van der Waals surface area contributed by atoms with Gasteiger partial charge in [0.05, 0.1) is 24.7 Å². The zero-order valence-corrected chi connectivity index (χ0v) is 21.5. The van der Waals surface area contributed by atoms with Crippen LogP contribution < -0.4 is 5.32 Å². The summed E-state index contributed by atoms with van der Waals surface area (Å²) in [6.45, 7) is 10.1. The minimum atomic E-state index is -3.52. The van der Waals surface area contributed by atoms with Crippen molar-refractivity contribution < 1.29 is 17.9 Å². The summed E-state index contributed by atoms with van der Waals surface area (Å²) in [5.41, 5.74) is 1.76. The normalized spacial score (nSPS) is 23.0. The Kier molecular flexibility index (Phi) is 8.30. The number of carbonyl (C=O) groups excluding carboxylic acids is 1. The number of rotatable bonds is 7. The van der Waals surface area contributed by atoms with Gasteiger partial charge in [0, 0.05) is 51.4 Å². The number of benzene rings is 1. The number of carbonyl (C=O) groups is 1. The third-order valence-electron chi connectivity index (χ3n) is 7.74. The molecule has 1 aliphatic carbocycles. The Balaban J connectivity index is 1.29.